The van der Waals surface area contributed by atoms with Crippen molar-refractivity contribution in [3.05, 3.63) is 59.4 Å². The van der Waals surface area contributed by atoms with Gasteiger partial charge in [-0.15, -0.1) is 0 Å². The molecule has 0 aromatic carbocycles. The van der Waals surface area contributed by atoms with Crippen LogP contribution in [0, 0.1) is 12.7 Å². The molecule has 0 radical (unpaired) electrons. The fourth-order valence-electron chi connectivity index (χ4n) is 3.57. The molecule has 1 saturated carbocycles. The minimum Gasteiger partial charge on any atom is -0.368 e. The van der Waals surface area contributed by atoms with E-state index in [-0.39, 0.29) is 18.3 Å². The van der Waals surface area contributed by atoms with E-state index in [0.717, 1.165) is 30.4 Å². The lowest BCUT2D eigenvalue weighted by molar-refractivity contribution is -0.114. The summed E-state index contributed by atoms with van der Waals surface area (Å²) in [5.74, 6) is 0.512. The number of aliphatic hydroxyl groups is 1. The van der Waals surface area contributed by atoms with Gasteiger partial charge in [-0.1, -0.05) is 0 Å². The van der Waals surface area contributed by atoms with Gasteiger partial charge in [0.1, 0.15) is 24.0 Å². The SMILES string of the molecule is Cc1cc2c(cn1)N(CC(=O)Nc1ccc(F)cn1)c1cc(C3CC3)nn1C2O. The van der Waals surface area contributed by atoms with Crippen LogP contribution < -0.4 is 10.2 Å². The van der Waals surface area contributed by atoms with E-state index < -0.39 is 12.0 Å². The Labute approximate surface area is 166 Å². The fraction of sp³-hybridized carbons (Fsp3) is 0.300. The van der Waals surface area contributed by atoms with Gasteiger partial charge >= 0.3 is 0 Å². The first kappa shape index (κ1) is 17.7. The van der Waals surface area contributed by atoms with E-state index >= 15 is 0 Å². The third-order valence-corrected chi connectivity index (χ3v) is 5.15. The number of amides is 1. The number of pyridine rings is 2. The Balaban J connectivity index is 1.49. The summed E-state index contributed by atoms with van der Waals surface area (Å²) in [5.41, 5.74) is 2.98. The molecule has 2 aliphatic rings. The molecular formula is C20H19FN6O2. The number of aromatic nitrogens is 4. The largest absolute Gasteiger partial charge is 0.368 e. The molecule has 0 spiro atoms. The van der Waals surface area contributed by atoms with Crippen molar-refractivity contribution in [1.82, 2.24) is 19.7 Å². The van der Waals surface area contributed by atoms with Crippen LogP contribution in [0.15, 0.2) is 36.7 Å². The summed E-state index contributed by atoms with van der Waals surface area (Å²) in [5, 5.41) is 18.1. The minimum atomic E-state index is -0.938. The highest BCUT2D eigenvalue weighted by Gasteiger charge is 2.35. The van der Waals surface area contributed by atoms with Crippen molar-refractivity contribution in [2.75, 3.05) is 16.8 Å². The lowest BCUT2D eigenvalue weighted by Gasteiger charge is -2.33. The van der Waals surface area contributed by atoms with Gasteiger partial charge in [0.2, 0.25) is 5.91 Å². The first-order valence-electron chi connectivity index (χ1n) is 9.42. The van der Waals surface area contributed by atoms with E-state index in [9.17, 15) is 14.3 Å². The standard InChI is InChI=1S/C20H19FN6O2/c1-11-6-14-16(9-22-11)26(10-18(28)24-17-5-4-13(21)8-23-17)19-7-15(12-2-3-12)25-27(19)20(14)29/h4-9,12,20,29H,2-3,10H2,1H3,(H,23,24,28). The lowest BCUT2D eigenvalue weighted by Crippen LogP contribution is -2.36. The molecule has 5 rings (SSSR count). The van der Waals surface area contributed by atoms with Crippen molar-refractivity contribution in [3.63, 3.8) is 0 Å². The zero-order valence-electron chi connectivity index (χ0n) is 15.7. The maximum Gasteiger partial charge on any atom is 0.245 e. The Bertz CT molecular complexity index is 1090. The predicted octanol–water partition coefficient (Wildman–Crippen LogP) is 2.63. The van der Waals surface area contributed by atoms with Crippen molar-refractivity contribution in [2.45, 2.75) is 31.9 Å². The zero-order valence-corrected chi connectivity index (χ0v) is 15.7. The number of nitrogens with one attached hydrogen (secondary N) is 1. The number of fused-ring (bicyclic) bond motifs is 2. The fourth-order valence-corrected chi connectivity index (χ4v) is 3.57. The summed E-state index contributed by atoms with van der Waals surface area (Å²) in [7, 11) is 0. The first-order chi connectivity index (χ1) is 14.0. The van der Waals surface area contributed by atoms with Gasteiger partial charge in [-0.25, -0.2) is 14.1 Å². The molecule has 8 nitrogen and oxygen atoms in total. The Kier molecular flexibility index (Phi) is 4.06. The summed E-state index contributed by atoms with van der Waals surface area (Å²) in [6.45, 7) is 1.82. The molecule has 2 N–H and O–H groups in total. The van der Waals surface area contributed by atoms with Crippen LogP contribution >= 0.6 is 0 Å². The quantitative estimate of drug-likeness (QED) is 0.706. The predicted molar refractivity (Wildman–Crippen MR) is 103 cm³/mol. The summed E-state index contributed by atoms with van der Waals surface area (Å²) in [6.07, 6.45) is 3.93. The number of hydrogen-bond donors (Lipinski definition) is 2. The van der Waals surface area contributed by atoms with Crippen molar-refractivity contribution in [3.8, 4) is 0 Å². The second-order valence-electron chi connectivity index (χ2n) is 7.40. The number of halogens is 1. The normalized spacial score (nSPS) is 17.6. The van der Waals surface area contributed by atoms with Crippen molar-refractivity contribution in [1.29, 1.82) is 0 Å². The Morgan fingerprint density at radius 3 is 2.83 bits per heavy atom. The third-order valence-electron chi connectivity index (χ3n) is 5.15. The first-order valence-corrected chi connectivity index (χ1v) is 9.42. The van der Waals surface area contributed by atoms with Gasteiger partial charge in [0.15, 0.2) is 6.23 Å². The average Bonchev–Trinajstić information content (AvgIpc) is 3.45. The molecule has 148 valence electrons. The number of carbonyl (C=O) groups is 1. The average molecular weight is 394 g/mol. The second-order valence-corrected chi connectivity index (χ2v) is 7.40. The van der Waals surface area contributed by atoms with Gasteiger partial charge in [-0.05, 0) is 38.0 Å². The molecular weight excluding hydrogens is 375 g/mol. The highest BCUT2D eigenvalue weighted by molar-refractivity contribution is 5.95. The van der Waals surface area contributed by atoms with E-state index in [1.165, 1.54) is 12.1 Å². The maximum absolute atomic E-state index is 13.0. The number of carbonyl (C=O) groups excluding carboxylic acids is 1. The number of hydrogen-bond acceptors (Lipinski definition) is 6. The van der Waals surface area contributed by atoms with Gasteiger partial charge in [0, 0.05) is 23.2 Å². The smallest absolute Gasteiger partial charge is 0.245 e. The number of nitrogens with zero attached hydrogens (tertiary/aromatic N) is 5. The van der Waals surface area contributed by atoms with Crippen molar-refractivity contribution >= 4 is 23.2 Å². The molecule has 1 aliphatic carbocycles. The lowest BCUT2D eigenvalue weighted by atomic mass is 10.1. The molecule has 3 aromatic heterocycles. The summed E-state index contributed by atoms with van der Waals surface area (Å²) < 4.78 is 14.6. The van der Waals surface area contributed by atoms with Gasteiger partial charge in [-0.3, -0.25) is 9.78 Å². The highest BCUT2D eigenvalue weighted by atomic mass is 19.1. The van der Waals surface area contributed by atoms with E-state index in [4.69, 9.17) is 0 Å². The minimum absolute atomic E-state index is 0.0285. The monoisotopic (exact) mass is 394 g/mol. The van der Waals surface area contributed by atoms with E-state index in [1.807, 2.05) is 13.0 Å². The molecule has 9 heteroatoms. The Morgan fingerprint density at radius 1 is 1.28 bits per heavy atom. The Morgan fingerprint density at radius 2 is 2.10 bits per heavy atom. The van der Waals surface area contributed by atoms with Crippen molar-refractivity contribution in [2.24, 2.45) is 0 Å². The molecule has 4 heterocycles. The van der Waals surface area contributed by atoms with Crippen LogP contribution in [0.1, 0.15) is 41.9 Å². The number of anilines is 3. The molecule has 1 atom stereocenters. The number of rotatable bonds is 4. The molecule has 3 aromatic rings. The zero-order chi connectivity index (χ0) is 20.1. The van der Waals surface area contributed by atoms with Crippen LogP contribution in [0.4, 0.5) is 21.7 Å². The van der Waals surface area contributed by atoms with Gasteiger partial charge < -0.3 is 15.3 Å². The molecule has 1 aliphatic heterocycles. The van der Waals surface area contributed by atoms with Gasteiger partial charge in [0.25, 0.3) is 0 Å². The van der Waals surface area contributed by atoms with Crippen molar-refractivity contribution < 1.29 is 14.3 Å². The van der Waals surface area contributed by atoms with Gasteiger partial charge in [-0.2, -0.15) is 5.10 Å². The molecule has 0 saturated heterocycles. The molecule has 1 amide bonds. The maximum atomic E-state index is 13.0. The van der Waals surface area contributed by atoms with Gasteiger partial charge in [0.05, 0.1) is 23.8 Å². The van der Waals surface area contributed by atoms with Crippen LogP contribution in [0.5, 0.6) is 0 Å². The third kappa shape index (κ3) is 3.23. The second kappa shape index (κ2) is 6.63. The van der Waals surface area contributed by atoms with Crippen LogP contribution in [0.3, 0.4) is 0 Å². The Hall–Kier alpha value is -3.33. The number of aryl methyl sites for hydroxylation is 1. The van der Waals surface area contributed by atoms with E-state index in [2.05, 4.69) is 20.4 Å². The van der Waals surface area contributed by atoms with Crippen LogP contribution in [-0.2, 0) is 4.79 Å². The molecule has 0 bridgehead atoms. The molecule has 1 fully saturated rings. The van der Waals surface area contributed by atoms with Crippen LogP contribution in [0.25, 0.3) is 0 Å². The van der Waals surface area contributed by atoms with Crippen LogP contribution in [0.2, 0.25) is 0 Å². The topological polar surface area (TPSA) is 96.2 Å². The summed E-state index contributed by atoms with van der Waals surface area (Å²) in [6, 6.07) is 6.36. The number of aliphatic hydroxyl groups excluding tert-OH is 1. The van der Waals surface area contributed by atoms with E-state index in [1.54, 1.807) is 21.8 Å². The van der Waals surface area contributed by atoms with E-state index in [0.29, 0.717) is 23.0 Å². The summed E-state index contributed by atoms with van der Waals surface area (Å²) in [4.78, 5) is 22.7. The molecule has 1 unspecified atom stereocenters. The highest BCUT2D eigenvalue weighted by Crippen LogP contribution is 2.45. The summed E-state index contributed by atoms with van der Waals surface area (Å²) >= 11 is 0. The van der Waals surface area contributed by atoms with Crippen LogP contribution in [-0.4, -0.2) is 37.3 Å². The molecule has 29 heavy (non-hydrogen) atoms.